The molecule has 5 nitrogen and oxygen atoms in total. The van der Waals surface area contributed by atoms with Crippen molar-refractivity contribution in [2.45, 2.75) is 0 Å². The highest BCUT2D eigenvalue weighted by Gasteiger charge is 2.20. The van der Waals surface area contributed by atoms with Crippen LogP contribution < -0.4 is 0 Å². The first-order valence-corrected chi connectivity index (χ1v) is 16.3. The van der Waals surface area contributed by atoms with Gasteiger partial charge in [-0.2, -0.15) is 15.8 Å². The summed E-state index contributed by atoms with van der Waals surface area (Å²) in [7, 11) is 0. The molecule has 2 aromatic heterocycles. The summed E-state index contributed by atoms with van der Waals surface area (Å²) in [5, 5.41) is 33.9. The molecule has 0 bridgehead atoms. The van der Waals surface area contributed by atoms with E-state index in [1.807, 2.05) is 84.9 Å². The van der Waals surface area contributed by atoms with Crippen LogP contribution in [-0.2, 0) is 0 Å². The van der Waals surface area contributed by atoms with E-state index in [9.17, 15) is 15.8 Å². The van der Waals surface area contributed by atoms with Crippen molar-refractivity contribution in [3.8, 4) is 51.8 Å². The van der Waals surface area contributed by atoms with Crippen LogP contribution in [0.2, 0.25) is 0 Å². The third-order valence-corrected chi connectivity index (χ3v) is 9.64. The summed E-state index contributed by atoms with van der Waals surface area (Å²) >= 11 is 0. The summed E-state index contributed by atoms with van der Waals surface area (Å²) in [6.07, 6.45) is 0. The first kappa shape index (κ1) is 28.8. The van der Waals surface area contributed by atoms with Crippen LogP contribution >= 0.6 is 0 Å². The normalized spacial score (nSPS) is 11.1. The molecule has 0 radical (unpaired) electrons. The van der Waals surface area contributed by atoms with Crippen LogP contribution in [0.25, 0.3) is 77.2 Å². The Hall–Kier alpha value is -7.39. The van der Waals surface area contributed by atoms with Crippen LogP contribution in [0.3, 0.4) is 0 Å². The smallest absolute Gasteiger partial charge is 0.0998 e. The van der Waals surface area contributed by atoms with Crippen molar-refractivity contribution in [2.75, 3.05) is 0 Å². The monoisotopic (exact) mass is 635 g/mol. The molecule has 50 heavy (non-hydrogen) atoms. The number of nitriles is 3. The van der Waals surface area contributed by atoms with Crippen LogP contribution in [0.1, 0.15) is 16.7 Å². The SMILES string of the molecule is N#Cc1ccc2c(c1)c1ccccc1n2-c1ccc(-c2cccc(C#N)c2-c2ccccc2-n2c3ccccc3c3cc(C#N)ccc32)cc1. The lowest BCUT2D eigenvalue weighted by molar-refractivity contribution is 1.18. The first-order valence-electron chi connectivity index (χ1n) is 16.3. The largest absolute Gasteiger partial charge is 0.309 e. The minimum Gasteiger partial charge on any atom is -0.309 e. The summed E-state index contributed by atoms with van der Waals surface area (Å²) in [5.41, 5.74) is 11.6. The van der Waals surface area contributed by atoms with Crippen molar-refractivity contribution >= 4 is 43.6 Å². The topological polar surface area (TPSA) is 81.2 Å². The Morgan fingerprint density at radius 2 is 0.940 bits per heavy atom. The van der Waals surface area contributed by atoms with Crippen molar-refractivity contribution in [2.24, 2.45) is 0 Å². The second-order valence-corrected chi connectivity index (χ2v) is 12.3. The molecule has 0 unspecified atom stereocenters. The Labute approximate surface area is 287 Å². The Balaban J connectivity index is 1.24. The Morgan fingerprint density at radius 1 is 0.400 bits per heavy atom. The quantitative estimate of drug-likeness (QED) is 0.193. The first-order chi connectivity index (χ1) is 24.7. The number of rotatable bonds is 4. The molecular formula is C45H25N5. The Kier molecular flexibility index (Phi) is 6.56. The zero-order valence-electron chi connectivity index (χ0n) is 26.7. The lowest BCUT2D eigenvalue weighted by Crippen LogP contribution is -2.00. The maximum atomic E-state index is 10.5. The molecule has 7 aromatic carbocycles. The molecule has 9 rings (SSSR count). The van der Waals surface area contributed by atoms with E-state index in [4.69, 9.17) is 0 Å². The number of fused-ring (bicyclic) bond motifs is 6. The van der Waals surface area contributed by atoms with Gasteiger partial charge in [-0.3, -0.25) is 0 Å². The molecule has 0 atom stereocenters. The van der Waals surface area contributed by atoms with Crippen LogP contribution in [0, 0.1) is 34.0 Å². The molecule has 9 aromatic rings. The van der Waals surface area contributed by atoms with Crippen molar-refractivity contribution in [1.82, 2.24) is 9.13 Å². The van der Waals surface area contributed by atoms with E-state index in [1.54, 1.807) is 0 Å². The van der Waals surface area contributed by atoms with E-state index >= 15 is 0 Å². The lowest BCUT2D eigenvalue weighted by atomic mass is 9.89. The molecule has 0 fully saturated rings. The molecule has 0 amide bonds. The highest BCUT2D eigenvalue weighted by Crippen LogP contribution is 2.42. The molecule has 0 spiro atoms. The van der Waals surface area contributed by atoms with Gasteiger partial charge in [0.05, 0.1) is 62.7 Å². The van der Waals surface area contributed by atoms with E-state index in [-0.39, 0.29) is 0 Å². The molecule has 0 aliphatic heterocycles. The van der Waals surface area contributed by atoms with Crippen molar-refractivity contribution in [3.05, 3.63) is 168 Å². The van der Waals surface area contributed by atoms with E-state index in [0.717, 1.165) is 77.2 Å². The lowest BCUT2D eigenvalue weighted by Gasteiger charge is -2.18. The maximum Gasteiger partial charge on any atom is 0.0998 e. The number of nitrogens with zero attached hydrogens (tertiary/aromatic N) is 5. The van der Waals surface area contributed by atoms with Gasteiger partial charge < -0.3 is 9.13 Å². The highest BCUT2D eigenvalue weighted by atomic mass is 15.0. The fourth-order valence-electron chi connectivity index (χ4n) is 7.47. The van der Waals surface area contributed by atoms with E-state index in [1.165, 1.54) is 0 Å². The molecule has 0 aliphatic rings. The van der Waals surface area contributed by atoms with Gasteiger partial charge in [-0.15, -0.1) is 0 Å². The summed E-state index contributed by atoms with van der Waals surface area (Å²) in [6.45, 7) is 0. The van der Waals surface area contributed by atoms with Crippen LogP contribution in [0.4, 0.5) is 0 Å². The highest BCUT2D eigenvalue weighted by molar-refractivity contribution is 6.11. The zero-order valence-corrected chi connectivity index (χ0v) is 26.7. The van der Waals surface area contributed by atoms with Gasteiger partial charge in [-0.05, 0) is 83.9 Å². The van der Waals surface area contributed by atoms with Crippen LogP contribution in [-0.4, -0.2) is 9.13 Å². The zero-order chi connectivity index (χ0) is 33.8. The van der Waals surface area contributed by atoms with E-state index in [2.05, 4.69) is 94.1 Å². The molecular weight excluding hydrogens is 611 g/mol. The fraction of sp³-hybridized carbons (Fsp3) is 0. The maximum absolute atomic E-state index is 10.5. The predicted octanol–water partition coefficient (Wildman–Crippen LogP) is 10.8. The minimum atomic E-state index is 0.585. The number of aromatic nitrogens is 2. The van der Waals surface area contributed by atoms with Crippen LogP contribution in [0.5, 0.6) is 0 Å². The molecule has 2 heterocycles. The third kappa shape index (κ3) is 4.31. The van der Waals surface area contributed by atoms with Crippen molar-refractivity contribution < 1.29 is 0 Å². The molecule has 5 heteroatoms. The second kappa shape index (κ2) is 11.4. The van der Waals surface area contributed by atoms with Gasteiger partial charge in [0.25, 0.3) is 0 Å². The summed E-state index contributed by atoms with van der Waals surface area (Å²) in [5.74, 6) is 0. The Morgan fingerprint density at radius 3 is 1.58 bits per heavy atom. The van der Waals surface area contributed by atoms with Gasteiger partial charge in [0.1, 0.15) is 0 Å². The average Bonchev–Trinajstić information content (AvgIpc) is 3.69. The van der Waals surface area contributed by atoms with Gasteiger partial charge in [0.15, 0.2) is 0 Å². The number of para-hydroxylation sites is 3. The molecule has 0 aliphatic carbocycles. The minimum absolute atomic E-state index is 0.585. The Bertz CT molecular complexity index is 2960. The average molecular weight is 636 g/mol. The number of hydrogen-bond donors (Lipinski definition) is 0. The molecule has 230 valence electrons. The summed E-state index contributed by atoms with van der Waals surface area (Å²) in [4.78, 5) is 0. The van der Waals surface area contributed by atoms with Gasteiger partial charge in [0.2, 0.25) is 0 Å². The van der Waals surface area contributed by atoms with E-state index < -0.39 is 0 Å². The van der Waals surface area contributed by atoms with E-state index in [0.29, 0.717) is 16.7 Å². The number of hydrogen-bond acceptors (Lipinski definition) is 3. The number of benzene rings is 7. The van der Waals surface area contributed by atoms with Gasteiger partial charge in [0, 0.05) is 38.4 Å². The van der Waals surface area contributed by atoms with Gasteiger partial charge in [-0.1, -0.05) is 78.9 Å². The fourth-order valence-corrected chi connectivity index (χ4v) is 7.47. The van der Waals surface area contributed by atoms with Gasteiger partial charge >= 0.3 is 0 Å². The molecule has 0 saturated heterocycles. The standard InChI is InChI=1S/C45H25N5/c46-26-29-16-22-43-38(24-29)35-9-1-4-13-40(35)49(43)33-20-18-31(19-21-33)34-12-7-8-32(28-48)45(34)37-11-3-6-15-42(37)50-41-14-5-2-10-36(41)39-25-30(27-47)17-23-44(39)50/h1-25H. The van der Waals surface area contributed by atoms with Gasteiger partial charge in [-0.25, -0.2) is 0 Å². The third-order valence-electron chi connectivity index (χ3n) is 9.64. The summed E-state index contributed by atoms with van der Waals surface area (Å²) in [6, 6.07) is 57.8. The van der Waals surface area contributed by atoms with Crippen molar-refractivity contribution in [3.63, 3.8) is 0 Å². The molecule has 0 saturated carbocycles. The summed E-state index contributed by atoms with van der Waals surface area (Å²) < 4.78 is 4.47. The molecule has 0 N–H and O–H groups in total. The predicted molar refractivity (Wildman–Crippen MR) is 200 cm³/mol. The second-order valence-electron chi connectivity index (χ2n) is 12.3. The van der Waals surface area contributed by atoms with Crippen LogP contribution in [0.15, 0.2) is 152 Å². The van der Waals surface area contributed by atoms with Crippen molar-refractivity contribution in [1.29, 1.82) is 15.8 Å².